The van der Waals surface area contributed by atoms with Crippen molar-refractivity contribution in [2.24, 2.45) is 0 Å². The molecule has 0 radical (unpaired) electrons. The molecule has 1 aromatic carbocycles. The van der Waals surface area contributed by atoms with Crippen LogP contribution in [-0.2, 0) is 4.74 Å². The highest BCUT2D eigenvalue weighted by Gasteiger charge is 2.23. The summed E-state index contributed by atoms with van der Waals surface area (Å²) in [5, 5.41) is 4.53. The zero-order valence-electron chi connectivity index (χ0n) is 15.1. The molecule has 136 valence electrons. The van der Waals surface area contributed by atoms with Crippen LogP contribution < -0.4 is 5.32 Å². The number of halogens is 1. The Kier molecular flexibility index (Phi) is 9.74. The maximum absolute atomic E-state index is 6.46. The van der Waals surface area contributed by atoms with E-state index in [1.807, 2.05) is 12.1 Å². The standard InChI is InChI=1S/C20H33ClN2O/c1-2-3-4-5-6-9-12-22-17-20(23-13-15-24-16-14-23)18-10-7-8-11-19(18)21/h7-8,10-11,20,22H,2-6,9,12-17H2,1H3. The molecule has 1 N–H and O–H groups in total. The van der Waals surface area contributed by atoms with Crippen molar-refractivity contribution in [1.82, 2.24) is 10.2 Å². The number of morpholine rings is 1. The van der Waals surface area contributed by atoms with Gasteiger partial charge < -0.3 is 10.1 Å². The highest BCUT2D eigenvalue weighted by Crippen LogP contribution is 2.27. The average Bonchev–Trinajstić information content (AvgIpc) is 2.62. The summed E-state index contributed by atoms with van der Waals surface area (Å²) in [6.45, 7) is 7.91. The van der Waals surface area contributed by atoms with Gasteiger partial charge in [0, 0.05) is 30.7 Å². The van der Waals surface area contributed by atoms with E-state index in [1.165, 1.54) is 44.1 Å². The van der Waals surface area contributed by atoms with Gasteiger partial charge in [-0.25, -0.2) is 0 Å². The van der Waals surface area contributed by atoms with E-state index in [4.69, 9.17) is 16.3 Å². The summed E-state index contributed by atoms with van der Waals surface area (Å²) in [5.74, 6) is 0. The minimum atomic E-state index is 0.336. The minimum absolute atomic E-state index is 0.336. The van der Waals surface area contributed by atoms with Crippen molar-refractivity contribution in [3.63, 3.8) is 0 Å². The molecule has 1 aliphatic rings. The lowest BCUT2D eigenvalue weighted by Crippen LogP contribution is -2.43. The first-order valence-corrected chi connectivity index (χ1v) is 9.97. The molecule has 1 aromatic rings. The summed E-state index contributed by atoms with van der Waals surface area (Å²) in [6, 6.07) is 8.59. The Morgan fingerprint density at radius 1 is 1.08 bits per heavy atom. The number of nitrogens with zero attached hydrogens (tertiary/aromatic N) is 1. The van der Waals surface area contributed by atoms with E-state index in [9.17, 15) is 0 Å². The van der Waals surface area contributed by atoms with Gasteiger partial charge in [0.15, 0.2) is 0 Å². The molecule has 24 heavy (non-hydrogen) atoms. The molecule has 0 aliphatic carbocycles. The van der Waals surface area contributed by atoms with Gasteiger partial charge in [-0.2, -0.15) is 0 Å². The second-order valence-electron chi connectivity index (χ2n) is 6.66. The second-order valence-corrected chi connectivity index (χ2v) is 7.06. The molecule has 0 bridgehead atoms. The molecule has 4 heteroatoms. The van der Waals surface area contributed by atoms with Gasteiger partial charge in [0.2, 0.25) is 0 Å². The smallest absolute Gasteiger partial charge is 0.0594 e. The Bertz CT molecular complexity index is 449. The third kappa shape index (κ3) is 6.72. The van der Waals surface area contributed by atoms with Gasteiger partial charge in [-0.15, -0.1) is 0 Å². The molecule has 0 spiro atoms. The normalized spacial score (nSPS) is 17.1. The zero-order valence-corrected chi connectivity index (χ0v) is 15.9. The third-order valence-electron chi connectivity index (χ3n) is 4.80. The van der Waals surface area contributed by atoms with Crippen LogP contribution in [0, 0.1) is 0 Å². The number of unbranched alkanes of at least 4 members (excludes halogenated alkanes) is 5. The van der Waals surface area contributed by atoms with E-state index in [0.29, 0.717) is 6.04 Å². The summed E-state index contributed by atoms with van der Waals surface area (Å²) in [4.78, 5) is 2.50. The molecule has 1 fully saturated rings. The Morgan fingerprint density at radius 3 is 2.54 bits per heavy atom. The lowest BCUT2D eigenvalue weighted by Gasteiger charge is -2.35. The monoisotopic (exact) mass is 352 g/mol. The highest BCUT2D eigenvalue weighted by atomic mass is 35.5. The van der Waals surface area contributed by atoms with Crippen molar-refractivity contribution in [1.29, 1.82) is 0 Å². The molecule has 0 amide bonds. The third-order valence-corrected chi connectivity index (χ3v) is 5.14. The maximum Gasteiger partial charge on any atom is 0.0594 e. The SMILES string of the molecule is CCCCCCCCNCC(c1ccccc1Cl)N1CCOCC1. The van der Waals surface area contributed by atoms with Gasteiger partial charge in [0.1, 0.15) is 0 Å². The molecular formula is C20H33ClN2O. The van der Waals surface area contributed by atoms with Crippen LogP contribution in [0.4, 0.5) is 0 Å². The van der Waals surface area contributed by atoms with Crippen LogP contribution in [0.3, 0.4) is 0 Å². The first kappa shape index (κ1) is 19.7. The van der Waals surface area contributed by atoms with Crippen LogP contribution in [0.2, 0.25) is 5.02 Å². The van der Waals surface area contributed by atoms with Crippen LogP contribution in [0.15, 0.2) is 24.3 Å². The van der Waals surface area contributed by atoms with Gasteiger partial charge in [0.05, 0.1) is 13.2 Å². The summed E-state index contributed by atoms with van der Waals surface area (Å²) >= 11 is 6.46. The number of benzene rings is 1. The fourth-order valence-corrected chi connectivity index (χ4v) is 3.60. The number of ether oxygens (including phenoxy) is 1. The molecule has 3 nitrogen and oxygen atoms in total. The molecule has 2 rings (SSSR count). The molecule has 1 aliphatic heterocycles. The molecule has 1 saturated heterocycles. The summed E-state index contributed by atoms with van der Waals surface area (Å²) in [7, 11) is 0. The van der Waals surface area contributed by atoms with Crippen molar-refractivity contribution in [3.05, 3.63) is 34.9 Å². The molecule has 1 heterocycles. The number of hydrogen-bond acceptors (Lipinski definition) is 3. The summed E-state index contributed by atoms with van der Waals surface area (Å²) in [6.07, 6.45) is 8.04. The van der Waals surface area contributed by atoms with E-state index < -0.39 is 0 Å². The van der Waals surface area contributed by atoms with Gasteiger partial charge in [-0.05, 0) is 24.6 Å². The fourth-order valence-electron chi connectivity index (χ4n) is 3.34. The van der Waals surface area contributed by atoms with Crippen LogP contribution in [0.5, 0.6) is 0 Å². The highest BCUT2D eigenvalue weighted by molar-refractivity contribution is 6.31. The van der Waals surface area contributed by atoms with Crippen molar-refractivity contribution < 1.29 is 4.74 Å². The first-order chi connectivity index (χ1) is 11.8. The maximum atomic E-state index is 6.46. The van der Waals surface area contributed by atoms with Gasteiger partial charge in [-0.3, -0.25) is 4.90 Å². The van der Waals surface area contributed by atoms with Crippen molar-refractivity contribution >= 4 is 11.6 Å². The average molecular weight is 353 g/mol. The minimum Gasteiger partial charge on any atom is -0.379 e. The van der Waals surface area contributed by atoms with E-state index in [2.05, 4.69) is 29.3 Å². The molecule has 0 aromatic heterocycles. The van der Waals surface area contributed by atoms with Gasteiger partial charge in [0.25, 0.3) is 0 Å². The summed E-state index contributed by atoms with van der Waals surface area (Å²) in [5.41, 5.74) is 1.23. The van der Waals surface area contributed by atoms with Crippen LogP contribution in [0.25, 0.3) is 0 Å². The summed E-state index contributed by atoms with van der Waals surface area (Å²) < 4.78 is 5.51. The van der Waals surface area contributed by atoms with Crippen LogP contribution >= 0.6 is 11.6 Å². The van der Waals surface area contributed by atoms with Crippen LogP contribution in [-0.4, -0.2) is 44.3 Å². The molecular weight excluding hydrogens is 320 g/mol. The van der Waals surface area contributed by atoms with Crippen molar-refractivity contribution in [2.45, 2.75) is 51.5 Å². The Hall–Kier alpha value is -0.610. The van der Waals surface area contributed by atoms with E-state index in [-0.39, 0.29) is 0 Å². The molecule has 1 atom stereocenters. The number of nitrogens with one attached hydrogen (secondary N) is 1. The van der Waals surface area contributed by atoms with E-state index >= 15 is 0 Å². The topological polar surface area (TPSA) is 24.5 Å². The lowest BCUT2D eigenvalue weighted by molar-refractivity contribution is 0.0162. The van der Waals surface area contributed by atoms with Gasteiger partial charge in [-0.1, -0.05) is 68.8 Å². The predicted molar refractivity (Wildman–Crippen MR) is 103 cm³/mol. The Labute approximate surface area is 152 Å². The van der Waals surface area contributed by atoms with E-state index in [0.717, 1.165) is 44.4 Å². The molecule has 1 unspecified atom stereocenters. The Morgan fingerprint density at radius 2 is 1.79 bits per heavy atom. The fraction of sp³-hybridized carbons (Fsp3) is 0.700. The lowest BCUT2D eigenvalue weighted by atomic mass is 10.0. The number of rotatable bonds is 11. The predicted octanol–water partition coefficient (Wildman–Crippen LogP) is 4.66. The zero-order chi connectivity index (χ0) is 17.0. The van der Waals surface area contributed by atoms with Crippen LogP contribution in [0.1, 0.15) is 57.1 Å². The van der Waals surface area contributed by atoms with E-state index in [1.54, 1.807) is 0 Å². The quantitative estimate of drug-likeness (QED) is 0.586. The molecule has 0 saturated carbocycles. The second kappa shape index (κ2) is 11.9. The van der Waals surface area contributed by atoms with Crippen molar-refractivity contribution in [2.75, 3.05) is 39.4 Å². The van der Waals surface area contributed by atoms with Gasteiger partial charge >= 0.3 is 0 Å². The number of hydrogen-bond donors (Lipinski definition) is 1. The largest absolute Gasteiger partial charge is 0.379 e. The van der Waals surface area contributed by atoms with Crippen molar-refractivity contribution in [3.8, 4) is 0 Å². The first-order valence-electron chi connectivity index (χ1n) is 9.60. The Balaban J connectivity index is 1.80.